The number of carboxylic acid groups (broad SMARTS) is 1. The van der Waals surface area contributed by atoms with Gasteiger partial charge in [-0.25, -0.2) is 9.59 Å². The predicted molar refractivity (Wildman–Crippen MR) is 67.3 cm³/mol. The van der Waals surface area contributed by atoms with E-state index in [1.807, 2.05) is 0 Å². The smallest absolute Gasteiger partial charge is 0.338 e. The first-order valence-corrected chi connectivity index (χ1v) is 5.87. The number of carbonyl (C=O) groups is 2. The minimum Gasteiger partial charge on any atom is -0.478 e. The Labute approximate surface area is 110 Å². The van der Waals surface area contributed by atoms with E-state index in [0.29, 0.717) is 24.2 Å². The monoisotopic (exact) mass is 262 g/mol. The van der Waals surface area contributed by atoms with Crippen molar-refractivity contribution in [2.75, 3.05) is 13.2 Å². The number of esters is 1. The lowest BCUT2D eigenvalue weighted by atomic mass is 10.00. The van der Waals surface area contributed by atoms with Crippen LogP contribution in [0.4, 0.5) is 0 Å². The van der Waals surface area contributed by atoms with Crippen molar-refractivity contribution in [3.05, 3.63) is 47.5 Å². The van der Waals surface area contributed by atoms with Crippen LogP contribution in [0, 0.1) is 0 Å². The Bertz CT molecular complexity index is 517. The Morgan fingerprint density at radius 3 is 2.84 bits per heavy atom. The number of hydrogen-bond donors (Lipinski definition) is 1. The first-order valence-electron chi connectivity index (χ1n) is 5.87. The lowest BCUT2D eigenvalue weighted by Gasteiger charge is -2.09. The molecule has 0 saturated carbocycles. The van der Waals surface area contributed by atoms with Crippen LogP contribution < -0.4 is 0 Å². The van der Waals surface area contributed by atoms with Gasteiger partial charge in [-0.3, -0.25) is 0 Å². The maximum Gasteiger partial charge on any atom is 0.338 e. The van der Waals surface area contributed by atoms with Crippen molar-refractivity contribution in [2.45, 2.75) is 12.5 Å². The molecular formula is C14H14O5. The quantitative estimate of drug-likeness (QED) is 0.479. The largest absolute Gasteiger partial charge is 0.478 e. The summed E-state index contributed by atoms with van der Waals surface area (Å²) in [5, 5.41) is 8.97. The van der Waals surface area contributed by atoms with Gasteiger partial charge < -0.3 is 14.6 Å². The summed E-state index contributed by atoms with van der Waals surface area (Å²) in [5.41, 5.74) is 1.16. The average molecular weight is 262 g/mol. The van der Waals surface area contributed by atoms with Crippen LogP contribution in [-0.4, -0.2) is 36.4 Å². The molecule has 5 nitrogen and oxygen atoms in total. The highest BCUT2D eigenvalue weighted by Crippen LogP contribution is 2.21. The minimum absolute atomic E-state index is 0.0648. The molecule has 1 heterocycles. The Morgan fingerprint density at radius 2 is 2.26 bits per heavy atom. The molecule has 0 aliphatic carbocycles. The lowest BCUT2D eigenvalue weighted by Crippen LogP contribution is -2.11. The molecule has 0 aromatic heterocycles. The first-order chi connectivity index (χ1) is 9.11. The summed E-state index contributed by atoms with van der Waals surface area (Å²) in [6, 6.07) is 4.37. The zero-order chi connectivity index (χ0) is 13.8. The van der Waals surface area contributed by atoms with E-state index in [1.54, 1.807) is 0 Å². The fourth-order valence-corrected chi connectivity index (χ4v) is 1.74. The Balaban J connectivity index is 2.26. The molecule has 1 unspecified atom stereocenters. The van der Waals surface area contributed by atoms with E-state index in [2.05, 4.69) is 6.58 Å². The maximum absolute atomic E-state index is 11.8. The third-order valence-electron chi connectivity index (χ3n) is 2.75. The Morgan fingerprint density at radius 1 is 1.53 bits per heavy atom. The summed E-state index contributed by atoms with van der Waals surface area (Å²) < 4.78 is 10.1. The van der Waals surface area contributed by atoms with Gasteiger partial charge in [-0.05, 0) is 23.8 Å². The second-order valence-corrected chi connectivity index (χ2v) is 4.22. The van der Waals surface area contributed by atoms with Gasteiger partial charge in [-0.15, -0.1) is 0 Å². The molecule has 2 rings (SSSR count). The van der Waals surface area contributed by atoms with Gasteiger partial charge in [0.15, 0.2) is 0 Å². The Hall–Kier alpha value is -2.14. The van der Waals surface area contributed by atoms with Gasteiger partial charge >= 0.3 is 11.9 Å². The second-order valence-electron chi connectivity index (χ2n) is 4.22. The molecule has 0 bridgehead atoms. The molecule has 0 amide bonds. The third kappa shape index (κ3) is 3.42. The molecule has 1 aromatic carbocycles. The SMILES string of the molecule is C=CCOC(=O)c1ccc(C(=O)O)cc1CC1CO1. The molecule has 1 atom stereocenters. The molecule has 100 valence electrons. The van der Waals surface area contributed by atoms with Crippen molar-refractivity contribution in [1.29, 1.82) is 0 Å². The van der Waals surface area contributed by atoms with Crippen LogP contribution in [0.2, 0.25) is 0 Å². The molecule has 5 heteroatoms. The fourth-order valence-electron chi connectivity index (χ4n) is 1.74. The summed E-state index contributed by atoms with van der Waals surface area (Å²) >= 11 is 0. The zero-order valence-electron chi connectivity index (χ0n) is 10.3. The highest BCUT2D eigenvalue weighted by Gasteiger charge is 2.26. The number of ether oxygens (including phenoxy) is 2. The van der Waals surface area contributed by atoms with E-state index in [4.69, 9.17) is 14.6 Å². The van der Waals surface area contributed by atoms with Gasteiger partial charge in [0.05, 0.1) is 23.8 Å². The van der Waals surface area contributed by atoms with E-state index >= 15 is 0 Å². The zero-order valence-corrected chi connectivity index (χ0v) is 10.3. The fraction of sp³-hybridized carbons (Fsp3) is 0.286. The predicted octanol–water partition coefficient (Wildman–Crippen LogP) is 1.67. The van der Waals surface area contributed by atoms with Crippen LogP contribution in [-0.2, 0) is 15.9 Å². The van der Waals surface area contributed by atoms with Crippen molar-refractivity contribution >= 4 is 11.9 Å². The molecule has 1 N–H and O–H groups in total. The molecule has 1 aromatic rings. The van der Waals surface area contributed by atoms with E-state index in [0.717, 1.165) is 0 Å². The molecule has 0 spiro atoms. The van der Waals surface area contributed by atoms with Crippen LogP contribution in [0.1, 0.15) is 26.3 Å². The minimum atomic E-state index is -1.02. The molecule has 1 aliphatic rings. The first kappa shape index (κ1) is 13.3. The number of benzene rings is 1. The van der Waals surface area contributed by atoms with E-state index in [-0.39, 0.29) is 18.3 Å². The summed E-state index contributed by atoms with van der Waals surface area (Å²) in [7, 11) is 0. The second kappa shape index (κ2) is 5.67. The molecule has 1 saturated heterocycles. The average Bonchev–Trinajstić information content (AvgIpc) is 3.19. The molecular weight excluding hydrogens is 248 g/mol. The van der Waals surface area contributed by atoms with Crippen molar-refractivity contribution < 1.29 is 24.2 Å². The van der Waals surface area contributed by atoms with Crippen LogP contribution in [0.5, 0.6) is 0 Å². The number of carbonyl (C=O) groups excluding carboxylic acids is 1. The Kier molecular flexibility index (Phi) is 3.97. The van der Waals surface area contributed by atoms with Gasteiger partial charge in [0.2, 0.25) is 0 Å². The number of rotatable bonds is 6. The van der Waals surface area contributed by atoms with Gasteiger partial charge in [0.1, 0.15) is 6.61 Å². The van der Waals surface area contributed by atoms with Crippen molar-refractivity contribution in [1.82, 2.24) is 0 Å². The van der Waals surface area contributed by atoms with Crippen molar-refractivity contribution in [3.8, 4) is 0 Å². The summed E-state index contributed by atoms with van der Waals surface area (Å²) in [6.07, 6.45) is 2.06. The highest BCUT2D eigenvalue weighted by atomic mass is 16.6. The number of epoxide rings is 1. The van der Waals surface area contributed by atoms with Crippen molar-refractivity contribution in [2.24, 2.45) is 0 Å². The van der Waals surface area contributed by atoms with E-state index in [9.17, 15) is 9.59 Å². The number of carboxylic acids is 1. The van der Waals surface area contributed by atoms with Gasteiger partial charge in [-0.2, -0.15) is 0 Å². The van der Waals surface area contributed by atoms with Gasteiger partial charge in [0.25, 0.3) is 0 Å². The van der Waals surface area contributed by atoms with Crippen LogP contribution in [0.3, 0.4) is 0 Å². The maximum atomic E-state index is 11.8. The third-order valence-corrected chi connectivity index (χ3v) is 2.75. The van der Waals surface area contributed by atoms with Crippen LogP contribution >= 0.6 is 0 Å². The molecule has 1 fully saturated rings. The van der Waals surface area contributed by atoms with Gasteiger partial charge in [-0.1, -0.05) is 12.7 Å². The topological polar surface area (TPSA) is 76.1 Å². The highest BCUT2D eigenvalue weighted by molar-refractivity contribution is 5.94. The lowest BCUT2D eigenvalue weighted by molar-refractivity contribution is 0.0547. The molecule has 1 aliphatic heterocycles. The normalized spacial score (nSPS) is 16.7. The van der Waals surface area contributed by atoms with E-state index < -0.39 is 11.9 Å². The van der Waals surface area contributed by atoms with Crippen LogP contribution in [0.15, 0.2) is 30.9 Å². The summed E-state index contributed by atoms with van der Waals surface area (Å²) in [4.78, 5) is 22.8. The summed E-state index contributed by atoms with van der Waals surface area (Å²) in [6.45, 7) is 4.23. The standard InChI is InChI=1S/C14H14O5/c1-2-5-18-14(17)12-4-3-9(13(15)16)6-10(12)7-11-8-19-11/h2-4,6,11H,1,5,7-8H2,(H,15,16). The number of hydrogen-bond acceptors (Lipinski definition) is 4. The molecule has 19 heavy (non-hydrogen) atoms. The molecule has 0 radical (unpaired) electrons. The number of aromatic carboxylic acids is 1. The summed E-state index contributed by atoms with van der Waals surface area (Å²) in [5.74, 6) is -1.50. The van der Waals surface area contributed by atoms with Crippen LogP contribution in [0.25, 0.3) is 0 Å². The van der Waals surface area contributed by atoms with Crippen molar-refractivity contribution in [3.63, 3.8) is 0 Å². The van der Waals surface area contributed by atoms with E-state index in [1.165, 1.54) is 24.3 Å². The van der Waals surface area contributed by atoms with Gasteiger partial charge in [0, 0.05) is 6.42 Å².